The molecule has 2 nitrogen and oxygen atoms in total. The minimum absolute atomic E-state index is 0.0556. The molecule has 1 heterocycles. The maximum Gasteiger partial charge on any atom is 0.0975 e. The van der Waals surface area contributed by atoms with E-state index in [9.17, 15) is 5.11 Å². The van der Waals surface area contributed by atoms with Crippen LogP contribution in [0.4, 0.5) is 0 Å². The minimum atomic E-state index is 0.0556. The Morgan fingerprint density at radius 2 is 2.57 bits per heavy atom. The Morgan fingerprint density at radius 3 is 2.86 bits per heavy atom. The first-order valence-electron chi connectivity index (χ1n) is 2.75. The van der Waals surface area contributed by atoms with Crippen LogP contribution in [-0.2, 0) is 5.11 Å². The molecule has 0 aromatic heterocycles. The van der Waals surface area contributed by atoms with Crippen molar-refractivity contribution >= 4 is 0 Å². The van der Waals surface area contributed by atoms with Gasteiger partial charge < -0.3 is 5.32 Å². The van der Waals surface area contributed by atoms with Crippen LogP contribution >= 0.6 is 0 Å². The summed E-state index contributed by atoms with van der Waals surface area (Å²) in [5.41, 5.74) is 0. The van der Waals surface area contributed by atoms with Crippen LogP contribution < -0.4 is 5.32 Å². The molecule has 1 saturated heterocycles. The molecule has 0 amide bonds. The van der Waals surface area contributed by atoms with Crippen LogP contribution in [0.2, 0.25) is 0 Å². The summed E-state index contributed by atoms with van der Waals surface area (Å²) in [5.74, 6) is 0. The molecule has 0 spiro atoms. The van der Waals surface area contributed by atoms with Gasteiger partial charge in [0.05, 0.1) is 6.61 Å². The maximum atomic E-state index is 10.1. The molecule has 1 aliphatic rings. The van der Waals surface area contributed by atoms with E-state index in [-0.39, 0.29) is 6.61 Å². The average molecular weight is 100 g/mol. The van der Waals surface area contributed by atoms with Gasteiger partial charge in [-0.2, -0.15) is 0 Å². The van der Waals surface area contributed by atoms with E-state index in [0.29, 0.717) is 6.04 Å². The first-order valence-corrected chi connectivity index (χ1v) is 2.75. The van der Waals surface area contributed by atoms with Crippen LogP contribution in [-0.4, -0.2) is 19.2 Å². The normalized spacial score (nSPS) is 31.3. The molecular weight excluding hydrogens is 90.1 g/mol. The molecule has 7 heavy (non-hydrogen) atoms. The summed E-state index contributed by atoms with van der Waals surface area (Å²) >= 11 is 0. The van der Waals surface area contributed by atoms with Crippen molar-refractivity contribution in [3.63, 3.8) is 0 Å². The summed E-state index contributed by atoms with van der Waals surface area (Å²) in [6.07, 6.45) is 2.27. The SMILES string of the molecule is [O]CC1CCCN1. The molecule has 0 bridgehead atoms. The molecule has 1 atom stereocenters. The standard InChI is InChI=1S/C5H10NO/c7-4-5-2-1-3-6-5/h5-6H,1-4H2. The zero-order valence-corrected chi connectivity index (χ0v) is 4.31. The lowest BCUT2D eigenvalue weighted by molar-refractivity contribution is 0.166. The van der Waals surface area contributed by atoms with Gasteiger partial charge in [-0.3, -0.25) is 0 Å². The highest BCUT2D eigenvalue weighted by Gasteiger charge is 2.11. The Kier molecular flexibility index (Phi) is 1.65. The second kappa shape index (κ2) is 2.28. The second-order valence-electron chi connectivity index (χ2n) is 1.96. The number of hydrogen-bond donors (Lipinski definition) is 1. The van der Waals surface area contributed by atoms with E-state index < -0.39 is 0 Å². The van der Waals surface area contributed by atoms with Crippen LogP contribution in [0.3, 0.4) is 0 Å². The number of nitrogens with one attached hydrogen (secondary N) is 1. The molecule has 2 heteroatoms. The topological polar surface area (TPSA) is 31.9 Å². The van der Waals surface area contributed by atoms with E-state index in [0.717, 1.165) is 13.0 Å². The van der Waals surface area contributed by atoms with Gasteiger partial charge >= 0.3 is 0 Å². The summed E-state index contributed by atoms with van der Waals surface area (Å²) in [6, 6.07) is 0.292. The quantitative estimate of drug-likeness (QED) is 0.500. The van der Waals surface area contributed by atoms with Crippen LogP contribution in [0.1, 0.15) is 12.8 Å². The Hall–Kier alpha value is -0.0800. The van der Waals surface area contributed by atoms with Gasteiger partial charge in [0.15, 0.2) is 0 Å². The van der Waals surface area contributed by atoms with E-state index in [1.165, 1.54) is 6.42 Å². The lowest BCUT2D eigenvalue weighted by atomic mass is 10.2. The van der Waals surface area contributed by atoms with Crippen LogP contribution in [0.15, 0.2) is 0 Å². The summed E-state index contributed by atoms with van der Waals surface area (Å²) < 4.78 is 0. The third kappa shape index (κ3) is 1.14. The molecule has 1 N–H and O–H groups in total. The third-order valence-corrected chi connectivity index (χ3v) is 1.36. The summed E-state index contributed by atoms with van der Waals surface area (Å²) in [6.45, 7) is 1.10. The van der Waals surface area contributed by atoms with E-state index in [2.05, 4.69) is 5.32 Å². The third-order valence-electron chi connectivity index (χ3n) is 1.36. The van der Waals surface area contributed by atoms with Crippen molar-refractivity contribution in [2.45, 2.75) is 18.9 Å². The largest absolute Gasteiger partial charge is 0.312 e. The van der Waals surface area contributed by atoms with Crippen molar-refractivity contribution in [2.75, 3.05) is 13.2 Å². The highest BCUT2D eigenvalue weighted by atomic mass is 16.3. The van der Waals surface area contributed by atoms with Crippen molar-refractivity contribution in [3.8, 4) is 0 Å². The van der Waals surface area contributed by atoms with Gasteiger partial charge in [-0.1, -0.05) is 0 Å². The van der Waals surface area contributed by atoms with E-state index in [1.54, 1.807) is 0 Å². The van der Waals surface area contributed by atoms with Crippen LogP contribution in [0.5, 0.6) is 0 Å². The average Bonchev–Trinajstić information content (AvgIpc) is 2.14. The molecule has 1 fully saturated rings. The fourth-order valence-corrected chi connectivity index (χ4v) is 0.899. The summed E-state index contributed by atoms with van der Waals surface area (Å²) in [7, 11) is 0. The lowest BCUT2D eigenvalue weighted by Crippen LogP contribution is -2.23. The smallest absolute Gasteiger partial charge is 0.0975 e. The van der Waals surface area contributed by atoms with Gasteiger partial charge in [0.2, 0.25) is 0 Å². The van der Waals surface area contributed by atoms with E-state index in [1.807, 2.05) is 0 Å². The van der Waals surface area contributed by atoms with Crippen LogP contribution in [0.25, 0.3) is 0 Å². The molecule has 1 unspecified atom stereocenters. The maximum absolute atomic E-state index is 10.1. The highest BCUT2D eigenvalue weighted by molar-refractivity contribution is 4.71. The van der Waals surface area contributed by atoms with Gasteiger partial charge in [-0.15, -0.1) is 0 Å². The highest BCUT2D eigenvalue weighted by Crippen LogP contribution is 2.02. The summed E-state index contributed by atoms with van der Waals surface area (Å²) in [5, 5.41) is 13.2. The molecular formula is C5H10NO. The summed E-state index contributed by atoms with van der Waals surface area (Å²) in [4.78, 5) is 0. The van der Waals surface area contributed by atoms with Crippen LogP contribution in [0, 0.1) is 0 Å². The van der Waals surface area contributed by atoms with E-state index in [4.69, 9.17) is 0 Å². The molecule has 1 aliphatic heterocycles. The van der Waals surface area contributed by atoms with Gasteiger partial charge in [0.25, 0.3) is 0 Å². The van der Waals surface area contributed by atoms with Crippen molar-refractivity contribution in [1.29, 1.82) is 0 Å². The lowest BCUT2D eigenvalue weighted by Gasteiger charge is -1.99. The predicted octanol–water partition coefficient (Wildman–Crippen LogP) is 0.169. The Morgan fingerprint density at radius 1 is 1.71 bits per heavy atom. The molecule has 0 saturated carbocycles. The molecule has 1 rings (SSSR count). The fourth-order valence-electron chi connectivity index (χ4n) is 0.899. The van der Waals surface area contributed by atoms with Gasteiger partial charge in [-0.05, 0) is 19.4 Å². The molecule has 0 aliphatic carbocycles. The molecule has 41 valence electrons. The first-order chi connectivity index (χ1) is 3.43. The number of rotatable bonds is 1. The van der Waals surface area contributed by atoms with Crippen molar-refractivity contribution in [2.24, 2.45) is 0 Å². The molecule has 1 radical (unpaired) electrons. The Balaban J connectivity index is 2.14. The van der Waals surface area contributed by atoms with Gasteiger partial charge in [0.1, 0.15) is 0 Å². The fraction of sp³-hybridized carbons (Fsp3) is 1.00. The van der Waals surface area contributed by atoms with Crippen molar-refractivity contribution in [3.05, 3.63) is 0 Å². The van der Waals surface area contributed by atoms with Crippen molar-refractivity contribution in [1.82, 2.24) is 5.32 Å². The second-order valence-corrected chi connectivity index (χ2v) is 1.96. The Bertz CT molecular complexity index is 50.0. The van der Waals surface area contributed by atoms with Gasteiger partial charge in [0, 0.05) is 6.04 Å². The molecule has 0 aromatic rings. The van der Waals surface area contributed by atoms with E-state index >= 15 is 0 Å². The Labute approximate surface area is 43.5 Å². The monoisotopic (exact) mass is 100 g/mol. The first kappa shape index (κ1) is 5.06. The van der Waals surface area contributed by atoms with Gasteiger partial charge in [-0.25, -0.2) is 5.11 Å². The molecule has 0 aromatic carbocycles. The minimum Gasteiger partial charge on any atom is -0.312 e. The predicted molar refractivity (Wildman–Crippen MR) is 26.6 cm³/mol. The van der Waals surface area contributed by atoms with Crippen molar-refractivity contribution < 1.29 is 5.11 Å². The zero-order valence-electron chi connectivity index (χ0n) is 4.31. The zero-order chi connectivity index (χ0) is 5.11. The number of hydrogen-bond acceptors (Lipinski definition) is 1.